The van der Waals surface area contributed by atoms with Crippen molar-refractivity contribution >= 4 is 11.9 Å². The van der Waals surface area contributed by atoms with Crippen molar-refractivity contribution in [3.8, 4) is 0 Å². The number of carboxylic acid groups (broad SMARTS) is 1. The Hall–Kier alpha value is -2.77. The van der Waals surface area contributed by atoms with Crippen LogP contribution in [0.2, 0.25) is 0 Å². The smallest absolute Gasteiger partial charge is 0.306 e. The summed E-state index contributed by atoms with van der Waals surface area (Å²) in [5.41, 5.74) is 1.09. The molecule has 1 amide bonds. The SMILES string of the molecule is O=C(NC1CCC(C(=O)O)CC1)c1cn(Cc2ccccn2)nn1. The number of hydrogen-bond donors (Lipinski definition) is 2. The summed E-state index contributed by atoms with van der Waals surface area (Å²) < 4.78 is 1.57. The zero-order chi connectivity index (χ0) is 16.9. The highest BCUT2D eigenvalue weighted by Gasteiger charge is 2.27. The van der Waals surface area contributed by atoms with Crippen LogP contribution in [0, 0.1) is 5.92 Å². The predicted molar refractivity (Wildman–Crippen MR) is 84.2 cm³/mol. The van der Waals surface area contributed by atoms with Crippen LogP contribution in [-0.2, 0) is 11.3 Å². The van der Waals surface area contributed by atoms with E-state index >= 15 is 0 Å². The Bertz CT molecular complexity index is 708. The summed E-state index contributed by atoms with van der Waals surface area (Å²) in [4.78, 5) is 27.4. The molecule has 2 aromatic rings. The van der Waals surface area contributed by atoms with Crippen LogP contribution < -0.4 is 5.32 Å². The van der Waals surface area contributed by atoms with Crippen molar-refractivity contribution < 1.29 is 14.7 Å². The van der Waals surface area contributed by atoms with Crippen LogP contribution in [0.5, 0.6) is 0 Å². The molecule has 126 valence electrons. The van der Waals surface area contributed by atoms with Crippen LogP contribution in [-0.4, -0.2) is 43.0 Å². The second-order valence-electron chi connectivity index (χ2n) is 5.98. The largest absolute Gasteiger partial charge is 0.481 e. The van der Waals surface area contributed by atoms with E-state index < -0.39 is 5.97 Å². The summed E-state index contributed by atoms with van der Waals surface area (Å²) in [6.45, 7) is 0.449. The molecule has 0 atom stereocenters. The minimum absolute atomic E-state index is 0.00552. The van der Waals surface area contributed by atoms with Gasteiger partial charge < -0.3 is 10.4 Å². The molecule has 2 heterocycles. The van der Waals surface area contributed by atoms with Gasteiger partial charge in [-0.2, -0.15) is 0 Å². The van der Waals surface area contributed by atoms with Gasteiger partial charge in [-0.25, -0.2) is 4.68 Å². The monoisotopic (exact) mass is 329 g/mol. The van der Waals surface area contributed by atoms with Gasteiger partial charge in [-0.15, -0.1) is 5.10 Å². The summed E-state index contributed by atoms with van der Waals surface area (Å²) in [6.07, 6.45) is 5.81. The highest BCUT2D eigenvalue weighted by atomic mass is 16.4. The van der Waals surface area contributed by atoms with Crippen molar-refractivity contribution in [2.24, 2.45) is 5.92 Å². The minimum atomic E-state index is -0.753. The number of carbonyl (C=O) groups excluding carboxylic acids is 1. The normalized spacial score (nSPS) is 20.5. The number of pyridine rings is 1. The molecule has 0 spiro atoms. The third kappa shape index (κ3) is 3.95. The number of nitrogens with zero attached hydrogens (tertiary/aromatic N) is 4. The van der Waals surface area contributed by atoms with E-state index in [9.17, 15) is 9.59 Å². The first-order valence-electron chi connectivity index (χ1n) is 7.95. The fourth-order valence-corrected chi connectivity index (χ4v) is 2.88. The lowest BCUT2D eigenvalue weighted by molar-refractivity contribution is -0.142. The van der Waals surface area contributed by atoms with E-state index in [-0.39, 0.29) is 23.6 Å². The molecule has 1 aliphatic rings. The van der Waals surface area contributed by atoms with Gasteiger partial charge in [0.25, 0.3) is 5.91 Å². The zero-order valence-corrected chi connectivity index (χ0v) is 13.1. The van der Waals surface area contributed by atoms with Gasteiger partial charge in [0.2, 0.25) is 0 Å². The molecule has 2 aromatic heterocycles. The average molecular weight is 329 g/mol. The van der Waals surface area contributed by atoms with E-state index in [1.165, 1.54) is 0 Å². The summed E-state index contributed by atoms with van der Waals surface area (Å²) in [5, 5.41) is 19.8. The number of aliphatic carboxylic acids is 1. The Morgan fingerprint density at radius 3 is 2.71 bits per heavy atom. The van der Waals surface area contributed by atoms with Gasteiger partial charge in [-0.1, -0.05) is 11.3 Å². The topological polar surface area (TPSA) is 110 Å². The molecule has 0 aliphatic heterocycles. The minimum Gasteiger partial charge on any atom is -0.481 e. The molecule has 3 rings (SSSR count). The van der Waals surface area contributed by atoms with Gasteiger partial charge in [0.15, 0.2) is 5.69 Å². The lowest BCUT2D eigenvalue weighted by Gasteiger charge is -2.26. The maximum atomic E-state index is 12.2. The highest BCUT2D eigenvalue weighted by Crippen LogP contribution is 2.24. The van der Waals surface area contributed by atoms with Gasteiger partial charge >= 0.3 is 5.97 Å². The van der Waals surface area contributed by atoms with Crippen LogP contribution in [0.4, 0.5) is 0 Å². The maximum absolute atomic E-state index is 12.2. The number of nitrogens with one attached hydrogen (secondary N) is 1. The molecular formula is C16H19N5O3. The lowest BCUT2D eigenvalue weighted by Crippen LogP contribution is -2.38. The summed E-state index contributed by atoms with van der Waals surface area (Å²) in [7, 11) is 0. The lowest BCUT2D eigenvalue weighted by atomic mass is 9.86. The van der Waals surface area contributed by atoms with Crippen LogP contribution in [0.1, 0.15) is 41.9 Å². The Kier molecular flexibility index (Phi) is 4.83. The van der Waals surface area contributed by atoms with Crippen LogP contribution in [0.25, 0.3) is 0 Å². The predicted octanol–water partition coefficient (Wildman–Crippen LogP) is 1.09. The molecule has 1 saturated carbocycles. The first-order valence-corrected chi connectivity index (χ1v) is 7.95. The molecule has 2 N–H and O–H groups in total. The molecule has 24 heavy (non-hydrogen) atoms. The van der Waals surface area contributed by atoms with E-state index in [4.69, 9.17) is 5.11 Å². The number of aromatic nitrogens is 4. The van der Waals surface area contributed by atoms with Crippen molar-refractivity contribution in [1.29, 1.82) is 0 Å². The van der Waals surface area contributed by atoms with Crippen LogP contribution in [0.3, 0.4) is 0 Å². The number of carboxylic acids is 1. The van der Waals surface area contributed by atoms with Crippen LogP contribution in [0.15, 0.2) is 30.6 Å². The van der Waals surface area contributed by atoms with Gasteiger partial charge in [0.1, 0.15) is 0 Å². The quantitative estimate of drug-likeness (QED) is 0.850. The van der Waals surface area contributed by atoms with E-state index in [2.05, 4.69) is 20.6 Å². The van der Waals surface area contributed by atoms with Gasteiger partial charge in [0.05, 0.1) is 24.4 Å². The number of rotatable bonds is 5. The molecule has 0 saturated heterocycles. The Morgan fingerprint density at radius 2 is 2.04 bits per heavy atom. The van der Waals surface area contributed by atoms with E-state index in [0.717, 1.165) is 5.69 Å². The van der Waals surface area contributed by atoms with E-state index in [1.54, 1.807) is 17.1 Å². The Morgan fingerprint density at radius 1 is 1.25 bits per heavy atom. The fourth-order valence-electron chi connectivity index (χ4n) is 2.88. The third-order valence-corrected chi connectivity index (χ3v) is 4.23. The molecular weight excluding hydrogens is 310 g/mol. The Labute approximate surface area is 138 Å². The van der Waals surface area contributed by atoms with Gasteiger partial charge in [-0.3, -0.25) is 14.6 Å². The van der Waals surface area contributed by atoms with Gasteiger partial charge in [-0.05, 0) is 37.8 Å². The van der Waals surface area contributed by atoms with Gasteiger partial charge in [0, 0.05) is 12.2 Å². The molecule has 0 radical (unpaired) electrons. The van der Waals surface area contributed by atoms with Crippen molar-refractivity contribution in [3.05, 3.63) is 42.0 Å². The molecule has 8 nitrogen and oxygen atoms in total. The Balaban J connectivity index is 1.54. The molecule has 0 aromatic carbocycles. The number of amides is 1. The van der Waals surface area contributed by atoms with Crippen molar-refractivity contribution in [1.82, 2.24) is 25.3 Å². The zero-order valence-electron chi connectivity index (χ0n) is 13.1. The summed E-state index contributed by atoms with van der Waals surface area (Å²) in [6, 6.07) is 5.60. The molecule has 1 fully saturated rings. The molecule has 0 bridgehead atoms. The first-order chi connectivity index (χ1) is 11.6. The summed E-state index contributed by atoms with van der Waals surface area (Å²) >= 11 is 0. The van der Waals surface area contributed by atoms with Crippen molar-refractivity contribution in [2.45, 2.75) is 38.3 Å². The van der Waals surface area contributed by atoms with Crippen molar-refractivity contribution in [3.63, 3.8) is 0 Å². The maximum Gasteiger partial charge on any atom is 0.306 e. The fraction of sp³-hybridized carbons (Fsp3) is 0.438. The third-order valence-electron chi connectivity index (χ3n) is 4.23. The molecule has 8 heteroatoms. The molecule has 0 unspecified atom stereocenters. The second kappa shape index (κ2) is 7.20. The highest BCUT2D eigenvalue weighted by molar-refractivity contribution is 5.92. The standard InChI is InChI=1S/C16H19N5O3/c22-15(18-12-6-4-11(5-7-12)16(23)24)14-10-21(20-19-14)9-13-3-1-2-8-17-13/h1-3,8,10-12H,4-7,9H2,(H,18,22)(H,23,24). The van der Waals surface area contributed by atoms with Crippen molar-refractivity contribution in [2.75, 3.05) is 0 Å². The summed E-state index contributed by atoms with van der Waals surface area (Å²) in [5.74, 6) is -1.32. The molecule has 1 aliphatic carbocycles. The van der Waals surface area contributed by atoms with Crippen LogP contribution >= 0.6 is 0 Å². The average Bonchev–Trinajstić information content (AvgIpc) is 3.05. The first kappa shape index (κ1) is 16.1. The number of hydrogen-bond acceptors (Lipinski definition) is 5. The van der Waals surface area contributed by atoms with E-state index in [0.29, 0.717) is 32.2 Å². The van der Waals surface area contributed by atoms with E-state index in [1.807, 2.05) is 18.2 Å². The number of carbonyl (C=O) groups is 2. The second-order valence-corrected chi connectivity index (χ2v) is 5.98.